The molecule has 0 saturated heterocycles. The number of aromatic hydroxyl groups is 2. The summed E-state index contributed by atoms with van der Waals surface area (Å²) < 4.78 is 0. The smallest absolute Gasteiger partial charge is 0.115 e. The van der Waals surface area contributed by atoms with E-state index in [0.717, 1.165) is 22.4 Å². The van der Waals surface area contributed by atoms with Crippen LogP contribution >= 0.6 is 0 Å². The molecule has 0 aliphatic carbocycles. The number of rotatable bonds is 2. The first kappa shape index (κ1) is 19.1. The van der Waals surface area contributed by atoms with E-state index >= 15 is 0 Å². The highest BCUT2D eigenvalue weighted by Crippen LogP contribution is 2.26. The summed E-state index contributed by atoms with van der Waals surface area (Å²) in [6, 6.07) is 30.3. The Kier molecular flexibility index (Phi) is 5.97. The van der Waals surface area contributed by atoms with Gasteiger partial charge in [-0.15, -0.1) is 0 Å². The molecule has 0 amide bonds. The third kappa shape index (κ3) is 4.92. The zero-order valence-corrected chi connectivity index (χ0v) is 15.7. The molecule has 3 heteroatoms. The lowest BCUT2D eigenvalue weighted by Crippen LogP contribution is -1.88. The van der Waals surface area contributed by atoms with Crippen LogP contribution in [0.4, 0.5) is 5.69 Å². The minimum Gasteiger partial charge on any atom is -0.508 e. The average Bonchev–Trinajstić information content (AvgIpc) is 2.71. The van der Waals surface area contributed by atoms with Crippen molar-refractivity contribution in [2.24, 2.45) is 0 Å². The largest absolute Gasteiger partial charge is 0.508 e. The maximum Gasteiger partial charge on any atom is 0.115 e. The molecule has 0 radical (unpaired) electrons. The molecule has 0 saturated carbocycles. The Bertz CT molecular complexity index is 978. The van der Waals surface area contributed by atoms with Crippen LogP contribution in [-0.2, 0) is 0 Å². The number of benzene rings is 4. The number of phenols is 2. The van der Waals surface area contributed by atoms with E-state index in [9.17, 15) is 0 Å². The summed E-state index contributed by atoms with van der Waals surface area (Å²) in [5.41, 5.74) is 12.1. The Morgan fingerprint density at radius 3 is 1.46 bits per heavy atom. The van der Waals surface area contributed by atoms with Crippen LogP contribution in [0.25, 0.3) is 22.3 Å². The maximum absolute atomic E-state index is 9.15. The Labute approximate surface area is 165 Å². The van der Waals surface area contributed by atoms with Crippen LogP contribution in [-0.4, -0.2) is 10.2 Å². The van der Waals surface area contributed by atoms with Crippen LogP contribution in [0.1, 0.15) is 5.56 Å². The molecule has 4 rings (SSSR count). The third-order valence-corrected chi connectivity index (χ3v) is 4.39. The number of nitrogens with two attached hydrogens (primary N) is 1. The van der Waals surface area contributed by atoms with E-state index < -0.39 is 0 Å². The Morgan fingerprint density at radius 1 is 0.536 bits per heavy atom. The highest BCUT2D eigenvalue weighted by molar-refractivity contribution is 5.76. The number of aryl methyl sites for hydroxylation is 1. The second-order valence-corrected chi connectivity index (χ2v) is 6.55. The molecule has 0 unspecified atom stereocenters. The van der Waals surface area contributed by atoms with Gasteiger partial charge >= 0.3 is 0 Å². The van der Waals surface area contributed by atoms with Gasteiger partial charge in [0, 0.05) is 11.3 Å². The summed E-state index contributed by atoms with van der Waals surface area (Å²) in [5, 5.41) is 18.3. The average molecular weight is 369 g/mol. The molecule has 4 aromatic rings. The van der Waals surface area contributed by atoms with Crippen LogP contribution in [0.15, 0.2) is 97.1 Å². The number of phenolic OH excluding ortho intramolecular Hbond substituents is 2. The normalized spacial score (nSPS) is 10.0. The van der Waals surface area contributed by atoms with E-state index in [0.29, 0.717) is 5.75 Å². The fourth-order valence-corrected chi connectivity index (χ4v) is 2.80. The van der Waals surface area contributed by atoms with Crippen LogP contribution in [0.3, 0.4) is 0 Å². The van der Waals surface area contributed by atoms with Gasteiger partial charge in [-0.2, -0.15) is 0 Å². The number of para-hydroxylation sites is 1. The maximum atomic E-state index is 9.15. The summed E-state index contributed by atoms with van der Waals surface area (Å²) in [6.45, 7) is 2.07. The molecule has 0 fully saturated rings. The zero-order chi connectivity index (χ0) is 19.9. The molecular weight excluding hydrogens is 346 g/mol. The van der Waals surface area contributed by atoms with Gasteiger partial charge in [0.05, 0.1) is 0 Å². The van der Waals surface area contributed by atoms with Crippen molar-refractivity contribution < 1.29 is 10.2 Å². The first-order chi connectivity index (χ1) is 13.5. The monoisotopic (exact) mass is 369 g/mol. The second kappa shape index (κ2) is 8.78. The van der Waals surface area contributed by atoms with E-state index in [4.69, 9.17) is 15.9 Å². The molecule has 28 heavy (non-hydrogen) atoms. The van der Waals surface area contributed by atoms with Crippen molar-refractivity contribution in [3.63, 3.8) is 0 Å². The van der Waals surface area contributed by atoms with Gasteiger partial charge in [-0.3, -0.25) is 0 Å². The molecule has 4 aromatic carbocycles. The summed E-state index contributed by atoms with van der Waals surface area (Å²) >= 11 is 0. The summed E-state index contributed by atoms with van der Waals surface area (Å²) in [4.78, 5) is 0. The van der Waals surface area contributed by atoms with Crippen molar-refractivity contribution in [3.8, 4) is 33.8 Å². The molecule has 4 N–H and O–H groups in total. The van der Waals surface area contributed by atoms with Crippen LogP contribution < -0.4 is 5.73 Å². The fourth-order valence-electron chi connectivity index (χ4n) is 2.80. The minimum atomic E-state index is 0.267. The van der Waals surface area contributed by atoms with Gasteiger partial charge in [0.25, 0.3) is 0 Å². The molecule has 3 nitrogen and oxygen atoms in total. The van der Waals surface area contributed by atoms with E-state index in [2.05, 4.69) is 31.2 Å². The van der Waals surface area contributed by atoms with Gasteiger partial charge in [0.2, 0.25) is 0 Å². The van der Waals surface area contributed by atoms with Crippen molar-refractivity contribution in [1.82, 2.24) is 0 Å². The molecule has 0 aliphatic rings. The van der Waals surface area contributed by atoms with E-state index in [-0.39, 0.29) is 5.75 Å². The quantitative estimate of drug-likeness (QED) is 0.379. The van der Waals surface area contributed by atoms with E-state index in [1.165, 1.54) is 11.1 Å². The van der Waals surface area contributed by atoms with E-state index in [1.807, 2.05) is 48.5 Å². The Hall–Kier alpha value is -3.72. The number of nitrogen functional groups attached to an aromatic ring is 1. The SMILES string of the molecule is Cc1ccc(-c2ccc(O)cc2)cc1.Nc1ccccc1-c1ccc(O)cc1. The molecule has 0 aliphatic heterocycles. The molecule has 0 atom stereocenters. The zero-order valence-electron chi connectivity index (χ0n) is 15.7. The molecule has 0 spiro atoms. The van der Waals surface area contributed by atoms with Crippen molar-refractivity contribution in [2.45, 2.75) is 6.92 Å². The summed E-state index contributed by atoms with van der Waals surface area (Å²) in [7, 11) is 0. The molecule has 0 bridgehead atoms. The van der Waals surface area contributed by atoms with E-state index in [1.54, 1.807) is 24.3 Å². The number of anilines is 1. The molecule has 0 heterocycles. The van der Waals surface area contributed by atoms with Gasteiger partial charge in [-0.1, -0.05) is 72.3 Å². The van der Waals surface area contributed by atoms with Crippen molar-refractivity contribution in [1.29, 1.82) is 0 Å². The second-order valence-electron chi connectivity index (χ2n) is 6.55. The Balaban J connectivity index is 0.000000161. The van der Waals surface area contributed by atoms with Crippen LogP contribution in [0, 0.1) is 6.92 Å². The molecular formula is C25H23NO2. The standard InChI is InChI=1S/C13H12O.C12H11NO/c1-10-2-4-11(5-3-10)12-6-8-13(14)9-7-12;13-12-4-2-1-3-11(12)9-5-7-10(14)8-6-9/h2-9,14H,1H3;1-8,14H,13H2. The van der Waals surface area contributed by atoms with Crippen molar-refractivity contribution >= 4 is 5.69 Å². The highest BCUT2D eigenvalue weighted by Gasteiger charge is 2.00. The lowest BCUT2D eigenvalue weighted by molar-refractivity contribution is 0.475. The first-order valence-corrected chi connectivity index (χ1v) is 9.03. The van der Waals surface area contributed by atoms with Gasteiger partial charge in [-0.05, 0) is 53.9 Å². The first-order valence-electron chi connectivity index (χ1n) is 9.03. The lowest BCUT2D eigenvalue weighted by Gasteiger charge is -2.04. The third-order valence-electron chi connectivity index (χ3n) is 4.39. The summed E-state index contributed by atoms with van der Waals surface area (Å²) in [6.07, 6.45) is 0. The van der Waals surface area contributed by atoms with Crippen LogP contribution in [0.5, 0.6) is 11.5 Å². The van der Waals surface area contributed by atoms with Crippen molar-refractivity contribution in [3.05, 3.63) is 103 Å². The number of hydrogen-bond acceptors (Lipinski definition) is 3. The topological polar surface area (TPSA) is 66.5 Å². The predicted octanol–water partition coefficient (Wildman–Crippen LogP) is 6.01. The fraction of sp³-hybridized carbons (Fsp3) is 0.0400. The van der Waals surface area contributed by atoms with Gasteiger partial charge in [-0.25, -0.2) is 0 Å². The van der Waals surface area contributed by atoms with Crippen molar-refractivity contribution in [2.75, 3.05) is 5.73 Å². The highest BCUT2D eigenvalue weighted by atomic mass is 16.3. The molecule has 0 aromatic heterocycles. The number of hydrogen-bond donors (Lipinski definition) is 3. The van der Waals surface area contributed by atoms with Gasteiger partial charge < -0.3 is 15.9 Å². The predicted molar refractivity (Wildman–Crippen MR) is 116 cm³/mol. The minimum absolute atomic E-state index is 0.267. The summed E-state index contributed by atoms with van der Waals surface area (Å²) in [5.74, 6) is 0.573. The van der Waals surface area contributed by atoms with Crippen LogP contribution in [0.2, 0.25) is 0 Å². The van der Waals surface area contributed by atoms with Gasteiger partial charge in [0.15, 0.2) is 0 Å². The molecule has 140 valence electrons. The van der Waals surface area contributed by atoms with Gasteiger partial charge in [0.1, 0.15) is 11.5 Å². The Morgan fingerprint density at radius 2 is 0.964 bits per heavy atom. The lowest BCUT2D eigenvalue weighted by atomic mass is 10.0.